The van der Waals surface area contributed by atoms with Crippen LogP contribution in [0.3, 0.4) is 0 Å². The molecule has 118 valence electrons. The van der Waals surface area contributed by atoms with Gasteiger partial charge in [0.1, 0.15) is 0 Å². The van der Waals surface area contributed by atoms with E-state index in [2.05, 4.69) is 12.2 Å². The van der Waals surface area contributed by atoms with E-state index in [-0.39, 0.29) is 23.3 Å². The van der Waals surface area contributed by atoms with Gasteiger partial charge in [-0.05, 0) is 31.1 Å². The summed E-state index contributed by atoms with van der Waals surface area (Å²) in [4.78, 5) is 11.3. The number of carbonyl (C=O) groups is 1. The Bertz CT molecular complexity index is 319. The van der Waals surface area contributed by atoms with Crippen LogP contribution in [0.4, 0.5) is 0 Å². The van der Waals surface area contributed by atoms with Crippen LogP contribution in [0.5, 0.6) is 0 Å². The number of aliphatic carboxylic acids is 1. The zero-order valence-electron chi connectivity index (χ0n) is 13.1. The summed E-state index contributed by atoms with van der Waals surface area (Å²) in [5.74, 6) is -0.739. The first-order valence-corrected chi connectivity index (χ1v) is 7.52. The summed E-state index contributed by atoms with van der Waals surface area (Å²) < 4.78 is 5.18. The van der Waals surface area contributed by atoms with Gasteiger partial charge in [0.2, 0.25) is 0 Å². The third kappa shape index (κ3) is 4.17. The van der Waals surface area contributed by atoms with Crippen LogP contribution in [-0.2, 0) is 9.53 Å². The topological polar surface area (TPSA) is 78.8 Å². The van der Waals surface area contributed by atoms with Crippen molar-refractivity contribution in [2.24, 2.45) is 17.3 Å². The van der Waals surface area contributed by atoms with Crippen molar-refractivity contribution in [3.8, 4) is 0 Å². The smallest absolute Gasteiger partial charge is 0.307 e. The molecule has 0 aromatic heterocycles. The standard InChI is InChI=1S/C15H29NO4/c1-5-20-9-11(17)8-16-13-7-6-12(14(18)19)15(3,4)10(13)2/h10-13,16-17H,5-9H2,1-4H3,(H,18,19). The Hall–Kier alpha value is -0.650. The molecule has 20 heavy (non-hydrogen) atoms. The molecule has 1 saturated carbocycles. The Labute approximate surface area is 121 Å². The van der Waals surface area contributed by atoms with E-state index >= 15 is 0 Å². The van der Waals surface area contributed by atoms with Crippen molar-refractivity contribution in [3.63, 3.8) is 0 Å². The molecule has 3 N–H and O–H groups in total. The summed E-state index contributed by atoms with van der Waals surface area (Å²) >= 11 is 0. The highest BCUT2D eigenvalue weighted by Gasteiger charge is 2.46. The largest absolute Gasteiger partial charge is 0.481 e. The number of hydrogen-bond donors (Lipinski definition) is 3. The summed E-state index contributed by atoms with van der Waals surface area (Å²) in [5, 5.41) is 22.5. The number of hydrogen-bond acceptors (Lipinski definition) is 4. The van der Waals surface area contributed by atoms with Gasteiger partial charge in [-0.1, -0.05) is 20.8 Å². The van der Waals surface area contributed by atoms with Gasteiger partial charge in [0.15, 0.2) is 0 Å². The Morgan fingerprint density at radius 3 is 2.65 bits per heavy atom. The number of rotatable bonds is 7. The van der Waals surface area contributed by atoms with Crippen LogP contribution in [0.2, 0.25) is 0 Å². The van der Waals surface area contributed by atoms with Crippen molar-refractivity contribution in [2.75, 3.05) is 19.8 Å². The molecule has 0 aliphatic heterocycles. The second-order valence-electron chi connectivity index (χ2n) is 6.41. The molecule has 0 amide bonds. The molecule has 1 aliphatic rings. The van der Waals surface area contributed by atoms with Gasteiger partial charge in [-0.25, -0.2) is 0 Å². The van der Waals surface area contributed by atoms with Crippen molar-refractivity contribution in [1.82, 2.24) is 5.32 Å². The molecular formula is C15H29NO4. The molecule has 0 radical (unpaired) electrons. The minimum atomic E-state index is -0.698. The lowest BCUT2D eigenvalue weighted by molar-refractivity contribution is -0.150. The third-order valence-electron chi connectivity index (χ3n) is 4.87. The fourth-order valence-corrected chi connectivity index (χ4v) is 3.12. The molecule has 1 rings (SSSR count). The van der Waals surface area contributed by atoms with E-state index in [0.717, 1.165) is 6.42 Å². The van der Waals surface area contributed by atoms with Crippen LogP contribution in [0.1, 0.15) is 40.5 Å². The maximum absolute atomic E-state index is 11.3. The maximum atomic E-state index is 11.3. The van der Waals surface area contributed by atoms with E-state index in [0.29, 0.717) is 26.2 Å². The first-order chi connectivity index (χ1) is 9.30. The molecule has 0 bridgehead atoms. The van der Waals surface area contributed by atoms with E-state index < -0.39 is 12.1 Å². The van der Waals surface area contributed by atoms with Crippen LogP contribution in [0, 0.1) is 17.3 Å². The summed E-state index contributed by atoms with van der Waals surface area (Å²) in [6, 6.07) is 0.247. The van der Waals surface area contributed by atoms with Crippen LogP contribution in [0.15, 0.2) is 0 Å². The molecular weight excluding hydrogens is 258 g/mol. The molecule has 1 fully saturated rings. The number of aliphatic hydroxyl groups is 1. The second-order valence-corrected chi connectivity index (χ2v) is 6.41. The zero-order valence-corrected chi connectivity index (χ0v) is 13.1. The van der Waals surface area contributed by atoms with Gasteiger partial charge in [-0.15, -0.1) is 0 Å². The van der Waals surface area contributed by atoms with Gasteiger partial charge in [-0.3, -0.25) is 4.79 Å². The van der Waals surface area contributed by atoms with E-state index in [9.17, 15) is 15.0 Å². The van der Waals surface area contributed by atoms with Gasteiger partial charge in [0.05, 0.1) is 18.6 Å². The summed E-state index contributed by atoms with van der Waals surface area (Å²) in [7, 11) is 0. The van der Waals surface area contributed by atoms with Gasteiger partial charge in [-0.2, -0.15) is 0 Å². The lowest BCUT2D eigenvalue weighted by Gasteiger charge is -2.46. The lowest BCUT2D eigenvalue weighted by Crippen LogP contribution is -2.52. The summed E-state index contributed by atoms with van der Waals surface area (Å²) in [6.07, 6.45) is 1.01. The van der Waals surface area contributed by atoms with Crippen molar-refractivity contribution >= 4 is 5.97 Å². The third-order valence-corrected chi connectivity index (χ3v) is 4.87. The molecule has 1 aliphatic carbocycles. The highest BCUT2D eigenvalue weighted by atomic mass is 16.5. The quantitative estimate of drug-likeness (QED) is 0.661. The minimum Gasteiger partial charge on any atom is -0.481 e. The number of nitrogens with one attached hydrogen (secondary N) is 1. The average molecular weight is 287 g/mol. The summed E-state index contributed by atoms with van der Waals surface area (Å²) in [5.41, 5.74) is -0.243. The lowest BCUT2D eigenvalue weighted by atomic mass is 9.61. The molecule has 5 nitrogen and oxygen atoms in total. The Balaban J connectivity index is 2.51. The van der Waals surface area contributed by atoms with Crippen LogP contribution < -0.4 is 5.32 Å². The molecule has 0 aromatic carbocycles. The van der Waals surface area contributed by atoms with Crippen LogP contribution in [0.25, 0.3) is 0 Å². The van der Waals surface area contributed by atoms with Crippen molar-refractivity contribution in [3.05, 3.63) is 0 Å². The first-order valence-electron chi connectivity index (χ1n) is 7.52. The number of aliphatic hydroxyl groups excluding tert-OH is 1. The van der Waals surface area contributed by atoms with E-state index in [4.69, 9.17) is 4.74 Å². The average Bonchev–Trinajstić information content (AvgIpc) is 2.37. The van der Waals surface area contributed by atoms with E-state index in [1.165, 1.54) is 0 Å². The van der Waals surface area contributed by atoms with Crippen molar-refractivity contribution in [2.45, 2.75) is 52.7 Å². The highest BCUT2D eigenvalue weighted by molar-refractivity contribution is 5.71. The van der Waals surface area contributed by atoms with E-state index in [1.807, 2.05) is 20.8 Å². The Kier molecular flexibility index (Phi) is 6.43. The van der Waals surface area contributed by atoms with Gasteiger partial charge >= 0.3 is 5.97 Å². The van der Waals surface area contributed by atoms with Gasteiger partial charge in [0, 0.05) is 19.2 Å². The maximum Gasteiger partial charge on any atom is 0.307 e. The number of carboxylic acid groups (broad SMARTS) is 1. The van der Waals surface area contributed by atoms with Crippen molar-refractivity contribution in [1.29, 1.82) is 0 Å². The number of ether oxygens (including phenoxy) is 1. The predicted molar refractivity (Wildman–Crippen MR) is 77.6 cm³/mol. The zero-order chi connectivity index (χ0) is 15.3. The molecule has 5 heteroatoms. The molecule has 0 spiro atoms. The highest BCUT2D eigenvalue weighted by Crippen LogP contribution is 2.45. The molecule has 4 atom stereocenters. The number of carboxylic acids is 1. The fourth-order valence-electron chi connectivity index (χ4n) is 3.12. The monoisotopic (exact) mass is 287 g/mol. The fraction of sp³-hybridized carbons (Fsp3) is 0.933. The van der Waals surface area contributed by atoms with Crippen LogP contribution in [-0.4, -0.2) is 48.1 Å². The SMILES string of the molecule is CCOCC(O)CNC1CCC(C(=O)O)C(C)(C)C1C. The molecule has 0 saturated heterocycles. The van der Waals surface area contributed by atoms with Crippen LogP contribution >= 0.6 is 0 Å². The predicted octanol–water partition coefficient (Wildman–Crippen LogP) is 1.50. The molecule has 0 heterocycles. The van der Waals surface area contributed by atoms with Gasteiger partial charge < -0.3 is 20.3 Å². The second kappa shape index (κ2) is 7.38. The Morgan fingerprint density at radius 2 is 2.10 bits per heavy atom. The first kappa shape index (κ1) is 17.4. The van der Waals surface area contributed by atoms with E-state index in [1.54, 1.807) is 0 Å². The molecule has 0 aromatic rings. The summed E-state index contributed by atoms with van der Waals surface area (Å²) in [6.45, 7) is 9.49. The normalized spacial score (nSPS) is 30.9. The van der Waals surface area contributed by atoms with Gasteiger partial charge in [0.25, 0.3) is 0 Å². The van der Waals surface area contributed by atoms with Crippen molar-refractivity contribution < 1.29 is 19.7 Å². The minimum absolute atomic E-state index is 0.243. The Morgan fingerprint density at radius 1 is 1.45 bits per heavy atom. The molecule has 4 unspecified atom stereocenters.